The summed E-state index contributed by atoms with van der Waals surface area (Å²) in [4.78, 5) is 7.01. The molecule has 22 heavy (non-hydrogen) atoms. The van der Waals surface area contributed by atoms with E-state index < -0.39 is 0 Å². The van der Waals surface area contributed by atoms with Crippen LogP contribution in [0.5, 0.6) is 0 Å². The summed E-state index contributed by atoms with van der Waals surface area (Å²) in [5.74, 6) is 1.11. The van der Waals surface area contributed by atoms with Crippen molar-refractivity contribution in [3.05, 3.63) is 0 Å². The number of nitrogens with zero attached hydrogens (tertiary/aromatic N) is 2. The molecule has 128 valence electrons. The quantitative estimate of drug-likeness (QED) is 0.417. The van der Waals surface area contributed by atoms with Crippen molar-refractivity contribution in [2.45, 2.75) is 43.3 Å². The van der Waals surface area contributed by atoms with Crippen molar-refractivity contribution in [1.29, 1.82) is 0 Å². The fraction of sp³-hybridized carbons (Fsp3) is 0.938. The fourth-order valence-corrected chi connectivity index (χ4v) is 4.76. The molecule has 0 atom stereocenters. The van der Waals surface area contributed by atoms with Gasteiger partial charge >= 0.3 is 0 Å². The van der Waals surface area contributed by atoms with E-state index in [0.717, 1.165) is 38.6 Å². The van der Waals surface area contributed by atoms with Crippen molar-refractivity contribution in [1.82, 2.24) is 10.2 Å². The van der Waals surface area contributed by atoms with Crippen molar-refractivity contribution in [3.8, 4) is 0 Å². The van der Waals surface area contributed by atoms with Crippen LogP contribution in [0.3, 0.4) is 0 Å². The Bertz CT molecular complexity index is 395. The average molecular weight is 439 g/mol. The molecule has 6 heteroatoms. The average Bonchev–Trinajstić information content (AvgIpc) is 2.95. The van der Waals surface area contributed by atoms with Gasteiger partial charge < -0.3 is 15.0 Å². The molecule has 2 heterocycles. The summed E-state index contributed by atoms with van der Waals surface area (Å²) in [6.45, 7) is 5.19. The lowest BCUT2D eigenvalue weighted by atomic mass is 9.68. The normalized spacial score (nSPS) is 26.5. The monoisotopic (exact) mass is 439 g/mol. The lowest BCUT2D eigenvalue weighted by molar-refractivity contribution is 0.0781. The highest BCUT2D eigenvalue weighted by Gasteiger charge is 2.43. The van der Waals surface area contributed by atoms with E-state index in [2.05, 4.69) is 21.5 Å². The number of hydrogen-bond donors (Lipinski definition) is 1. The lowest BCUT2D eigenvalue weighted by Crippen LogP contribution is -2.49. The van der Waals surface area contributed by atoms with E-state index in [-0.39, 0.29) is 24.0 Å². The first-order valence-electron chi connectivity index (χ1n) is 8.30. The number of halogens is 1. The topological polar surface area (TPSA) is 36.9 Å². The number of ether oxygens (including phenoxy) is 1. The van der Waals surface area contributed by atoms with Gasteiger partial charge in [0.25, 0.3) is 0 Å². The third kappa shape index (κ3) is 3.86. The third-order valence-electron chi connectivity index (χ3n) is 5.77. The van der Waals surface area contributed by atoms with Crippen molar-refractivity contribution < 1.29 is 4.74 Å². The minimum absolute atomic E-state index is 0. The fourth-order valence-electron chi connectivity index (χ4n) is 3.97. The minimum Gasteiger partial charge on any atom is -0.381 e. The summed E-state index contributed by atoms with van der Waals surface area (Å²) < 4.78 is 5.85. The molecule has 1 N–H and O–H groups in total. The summed E-state index contributed by atoms with van der Waals surface area (Å²) in [6, 6.07) is 0. The maximum atomic E-state index is 5.53. The molecule has 1 saturated carbocycles. The zero-order valence-electron chi connectivity index (χ0n) is 13.9. The molecule has 1 spiro atoms. The Hall–Kier alpha value is 0.310. The lowest BCUT2D eigenvalue weighted by Gasteiger charge is -2.39. The van der Waals surface area contributed by atoms with Gasteiger partial charge in [-0.3, -0.25) is 4.99 Å². The van der Waals surface area contributed by atoms with Gasteiger partial charge in [-0.05, 0) is 43.8 Å². The molecule has 4 nitrogen and oxygen atoms in total. The highest BCUT2D eigenvalue weighted by molar-refractivity contribution is 14.0. The molecule has 0 radical (unpaired) electrons. The first kappa shape index (κ1) is 18.6. The van der Waals surface area contributed by atoms with Crippen LogP contribution in [0, 0.1) is 5.41 Å². The molecule has 0 aromatic rings. The molecular formula is C16H30IN3OS. The van der Waals surface area contributed by atoms with Gasteiger partial charge in [0.2, 0.25) is 0 Å². The summed E-state index contributed by atoms with van der Waals surface area (Å²) in [7, 11) is 1.92. The van der Waals surface area contributed by atoms with Crippen LogP contribution in [-0.4, -0.2) is 61.8 Å². The van der Waals surface area contributed by atoms with Crippen LogP contribution in [0.25, 0.3) is 0 Å². The van der Waals surface area contributed by atoms with Crippen LogP contribution < -0.4 is 5.32 Å². The molecule has 3 fully saturated rings. The summed E-state index contributed by atoms with van der Waals surface area (Å²) in [6.07, 6.45) is 10.1. The second kappa shape index (κ2) is 7.92. The zero-order valence-corrected chi connectivity index (χ0v) is 17.0. The second-order valence-corrected chi connectivity index (χ2v) is 8.20. The summed E-state index contributed by atoms with van der Waals surface area (Å²) >= 11 is 1.99. The number of aliphatic imine (C=N–C) groups is 1. The van der Waals surface area contributed by atoms with E-state index in [1.807, 2.05) is 18.8 Å². The Morgan fingerprint density at radius 1 is 1.23 bits per heavy atom. The predicted molar refractivity (Wildman–Crippen MR) is 106 cm³/mol. The van der Waals surface area contributed by atoms with E-state index in [9.17, 15) is 0 Å². The standard InChI is InChI=1S/C16H29N3OS.HI/c1-17-14(19-9-6-15(13-19)4-3-5-15)18-12-16(21-2)7-10-20-11-8-16;/h3-13H2,1-2H3,(H,17,18);1H. The number of hydrogen-bond acceptors (Lipinski definition) is 3. The van der Waals surface area contributed by atoms with Gasteiger partial charge in [0, 0.05) is 44.6 Å². The molecule has 3 aliphatic rings. The Balaban J connectivity index is 0.00000176. The van der Waals surface area contributed by atoms with Gasteiger partial charge in [-0.15, -0.1) is 24.0 Å². The van der Waals surface area contributed by atoms with Crippen LogP contribution >= 0.6 is 35.7 Å². The number of guanidine groups is 1. The number of nitrogens with one attached hydrogen (secondary N) is 1. The summed E-state index contributed by atoms with van der Waals surface area (Å²) in [5, 5.41) is 3.66. The van der Waals surface area contributed by atoms with E-state index in [0.29, 0.717) is 10.2 Å². The smallest absolute Gasteiger partial charge is 0.193 e. The molecule has 2 saturated heterocycles. The van der Waals surface area contributed by atoms with Crippen LogP contribution in [0.2, 0.25) is 0 Å². The maximum Gasteiger partial charge on any atom is 0.193 e. The van der Waals surface area contributed by atoms with E-state index in [1.54, 1.807) is 0 Å². The predicted octanol–water partition coefficient (Wildman–Crippen LogP) is 2.97. The Morgan fingerprint density at radius 2 is 1.95 bits per heavy atom. The van der Waals surface area contributed by atoms with Gasteiger partial charge in [0.05, 0.1) is 0 Å². The van der Waals surface area contributed by atoms with Gasteiger partial charge in [0.1, 0.15) is 0 Å². The Morgan fingerprint density at radius 3 is 2.45 bits per heavy atom. The molecule has 0 aromatic carbocycles. The molecule has 3 rings (SSSR count). The van der Waals surface area contributed by atoms with Gasteiger partial charge in [0.15, 0.2) is 5.96 Å². The highest BCUT2D eigenvalue weighted by atomic mass is 127. The van der Waals surface area contributed by atoms with E-state index in [4.69, 9.17) is 4.74 Å². The molecular weight excluding hydrogens is 409 g/mol. The van der Waals surface area contributed by atoms with Gasteiger partial charge in [-0.1, -0.05) is 6.42 Å². The molecule has 0 unspecified atom stereocenters. The summed E-state index contributed by atoms with van der Waals surface area (Å²) in [5.41, 5.74) is 0.632. The van der Waals surface area contributed by atoms with Crippen molar-refractivity contribution in [3.63, 3.8) is 0 Å². The number of likely N-dealkylation sites (tertiary alicyclic amines) is 1. The maximum absolute atomic E-state index is 5.53. The van der Waals surface area contributed by atoms with E-state index >= 15 is 0 Å². The SMILES string of the molecule is CN=C(NCC1(SC)CCOCC1)N1CCC2(CCC2)C1.I. The van der Waals surface area contributed by atoms with Crippen molar-refractivity contribution >= 4 is 41.7 Å². The van der Waals surface area contributed by atoms with Crippen molar-refractivity contribution in [2.24, 2.45) is 10.4 Å². The van der Waals surface area contributed by atoms with Crippen LogP contribution in [0.1, 0.15) is 38.5 Å². The van der Waals surface area contributed by atoms with Gasteiger partial charge in [-0.25, -0.2) is 0 Å². The number of thioether (sulfide) groups is 1. The van der Waals surface area contributed by atoms with Crippen LogP contribution in [0.4, 0.5) is 0 Å². The van der Waals surface area contributed by atoms with Gasteiger partial charge in [-0.2, -0.15) is 11.8 Å². The first-order valence-corrected chi connectivity index (χ1v) is 9.52. The molecule has 1 aliphatic carbocycles. The zero-order chi connectivity index (χ0) is 14.8. The molecule has 0 bridgehead atoms. The first-order chi connectivity index (χ1) is 10.2. The van der Waals surface area contributed by atoms with Crippen LogP contribution in [0.15, 0.2) is 4.99 Å². The Labute approximate surface area is 156 Å². The highest BCUT2D eigenvalue weighted by Crippen LogP contribution is 2.47. The number of rotatable bonds is 3. The van der Waals surface area contributed by atoms with Crippen molar-refractivity contribution in [2.75, 3.05) is 46.2 Å². The molecule has 2 aliphatic heterocycles. The third-order valence-corrected chi connectivity index (χ3v) is 7.19. The minimum atomic E-state index is 0. The largest absolute Gasteiger partial charge is 0.381 e. The molecule has 0 amide bonds. The van der Waals surface area contributed by atoms with Crippen LogP contribution in [-0.2, 0) is 4.74 Å². The second-order valence-electron chi connectivity index (χ2n) is 6.93. The van der Waals surface area contributed by atoms with E-state index in [1.165, 1.54) is 38.8 Å². The Kier molecular flexibility index (Phi) is 6.71. The molecule has 0 aromatic heterocycles.